The van der Waals surface area contributed by atoms with Crippen LogP contribution in [0.4, 0.5) is 5.13 Å². The summed E-state index contributed by atoms with van der Waals surface area (Å²) in [6, 6.07) is 11.2. The molecular weight excluding hydrogens is 458 g/mol. The summed E-state index contributed by atoms with van der Waals surface area (Å²) in [6.07, 6.45) is 0.828. The largest absolute Gasteiger partial charge is 0.497 e. The van der Waals surface area contributed by atoms with Gasteiger partial charge in [0, 0.05) is 37.1 Å². The molecule has 174 valence electrons. The number of carbonyl (C=O) groups excluding carboxylic acids is 2. The van der Waals surface area contributed by atoms with E-state index in [1.54, 1.807) is 24.1 Å². The second kappa shape index (κ2) is 11.0. The van der Waals surface area contributed by atoms with Crippen LogP contribution in [0.5, 0.6) is 5.75 Å². The molecule has 3 aromatic rings. The van der Waals surface area contributed by atoms with Crippen LogP contribution in [0.25, 0.3) is 11.3 Å². The molecule has 1 aliphatic heterocycles. The Kier molecular flexibility index (Phi) is 7.87. The van der Waals surface area contributed by atoms with E-state index in [9.17, 15) is 9.59 Å². The molecule has 0 N–H and O–H groups in total. The molecule has 3 heterocycles. The standard InChI is InChI=1S/C24H27N3O4S2/c1-17(28)21-8-9-22(33-21)23(29)27(11-3-10-26-12-14-31-15-13-26)24-25-20(16-32-24)18-4-6-19(30-2)7-5-18/h4-9,16H,3,10-15H2,1-2H3. The zero-order valence-corrected chi connectivity index (χ0v) is 20.4. The highest BCUT2D eigenvalue weighted by Gasteiger charge is 2.23. The van der Waals surface area contributed by atoms with E-state index in [2.05, 4.69) is 4.90 Å². The molecule has 0 radical (unpaired) electrons. The molecule has 1 saturated heterocycles. The maximum absolute atomic E-state index is 13.4. The zero-order valence-electron chi connectivity index (χ0n) is 18.8. The van der Waals surface area contributed by atoms with Crippen molar-refractivity contribution in [2.24, 2.45) is 0 Å². The smallest absolute Gasteiger partial charge is 0.270 e. The van der Waals surface area contributed by atoms with Crippen molar-refractivity contribution in [3.05, 3.63) is 51.5 Å². The predicted molar refractivity (Wildman–Crippen MR) is 132 cm³/mol. The summed E-state index contributed by atoms with van der Waals surface area (Å²) >= 11 is 2.69. The van der Waals surface area contributed by atoms with Gasteiger partial charge in [-0.15, -0.1) is 22.7 Å². The van der Waals surface area contributed by atoms with Crippen molar-refractivity contribution in [1.29, 1.82) is 0 Å². The lowest BCUT2D eigenvalue weighted by atomic mass is 10.2. The van der Waals surface area contributed by atoms with E-state index in [1.807, 2.05) is 29.6 Å². The minimum absolute atomic E-state index is 0.0334. The second-order valence-corrected chi connectivity index (χ2v) is 9.65. The summed E-state index contributed by atoms with van der Waals surface area (Å²) in [4.78, 5) is 35.2. The number of amides is 1. The third-order valence-corrected chi connectivity index (χ3v) is 7.52. The number of carbonyl (C=O) groups is 2. The van der Waals surface area contributed by atoms with E-state index in [0.717, 1.165) is 56.3 Å². The number of ketones is 1. The van der Waals surface area contributed by atoms with Crippen molar-refractivity contribution in [3.63, 3.8) is 0 Å². The highest BCUT2D eigenvalue weighted by Crippen LogP contribution is 2.30. The molecule has 0 aliphatic carbocycles. The zero-order chi connectivity index (χ0) is 23.2. The fourth-order valence-corrected chi connectivity index (χ4v) is 5.33. The number of hydrogen-bond donors (Lipinski definition) is 0. The van der Waals surface area contributed by atoms with Gasteiger partial charge in [0.05, 0.1) is 35.8 Å². The number of morpholine rings is 1. The Morgan fingerprint density at radius 1 is 1.12 bits per heavy atom. The van der Waals surface area contributed by atoms with E-state index in [1.165, 1.54) is 29.6 Å². The van der Waals surface area contributed by atoms with Crippen molar-refractivity contribution in [1.82, 2.24) is 9.88 Å². The molecule has 0 unspecified atom stereocenters. The van der Waals surface area contributed by atoms with Crippen LogP contribution in [0, 0.1) is 0 Å². The van der Waals surface area contributed by atoms with Crippen LogP contribution in [0.2, 0.25) is 0 Å². The Morgan fingerprint density at radius 3 is 2.52 bits per heavy atom. The van der Waals surface area contributed by atoms with Crippen LogP contribution in [-0.2, 0) is 4.74 Å². The van der Waals surface area contributed by atoms with E-state index < -0.39 is 0 Å². The summed E-state index contributed by atoms with van der Waals surface area (Å²) in [7, 11) is 1.64. The SMILES string of the molecule is COc1ccc(-c2csc(N(CCCN3CCOCC3)C(=O)c3ccc(C(C)=O)s3)n2)cc1. The second-order valence-electron chi connectivity index (χ2n) is 7.73. The molecule has 4 rings (SSSR count). The molecule has 0 spiro atoms. The normalized spacial score (nSPS) is 14.2. The quantitative estimate of drug-likeness (QED) is 0.417. The van der Waals surface area contributed by atoms with Gasteiger partial charge in [-0.05, 0) is 49.7 Å². The number of rotatable bonds is 9. The molecule has 7 nitrogen and oxygen atoms in total. The van der Waals surface area contributed by atoms with Crippen molar-refractivity contribution in [2.45, 2.75) is 13.3 Å². The molecule has 33 heavy (non-hydrogen) atoms. The highest BCUT2D eigenvalue weighted by atomic mass is 32.1. The van der Waals surface area contributed by atoms with Gasteiger partial charge in [-0.1, -0.05) is 0 Å². The van der Waals surface area contributed by atoms with Gasteiger partial charge in [0.25, 0.3) is 5.91 Å². The molecular formula is C24H27N3O4S2. The van der Waals surface area contributed by atoms with Crippen LogP contribution in [0.1, 0.15) is 32.7 Å². The van der Waals surface area contributed by atoms with Gasteiger partial charge in [0.1, 0.15) is 5.75 Å². The van der Waals surface area contributed by atoms with E-state index in [0.29, 0.717) is 21.4 Å². The van der Waals surface area contributed by atoms with Crippen LogP contribution < -0.4 is 9.64 Å². The molecule has 1 aliphatic rings. The monoisotopic (exact) mass is 485 g/mol. The minimum Gasteiger partial charge on any atom is -0.497 e. The first kappa shape index (κ1) is 23.6. The Balaban J connectivity index is 1.53. The first-order valence-corrected chi connectivity index (χ1v) is 12.6. The number of benzene rings is 1. The Labute approximate surface area is 201 Å². The summed E-state index contributed by atoms with van der Waals surface area (Å²) in [5.74, 6) is 0.632. The number of methoxy groups -OCH3 is 1. The maximum Gasteiger partial charge on any atom is 0.270 e. The van der Waals surface area contributed by atoms with Gasteiger partial charge < -0.3 is 9.47 Å². The minimum atomic E-state index is -0.120. The molecule has 1 aromatic carbocycles. The van der Waals surface area contributed by atoms with E-state index >= 15 is 0 Å². The first-order valence-electron chi connectivity index (χ1n) is 10.9. The topological polar surface area (TPSA) is 72.0 Å². The highest BCUT2D eigenvalue weighted by molar-refractivity contribution is 7.16. The third-order valence-electron chi connectivity index (χ3n) is 5.48. The molecule has 0 bridgehead atoms. The third kappa shape index (κ3) is 5.86. The summed E-state index contributed by atoms with van der Waals surface area (Å²) in [5, 5.41) is 2.63. The van der Waals surface area contributed by atoms with Gasteiger partial charge in [-0.3, -0.25) is 19.4 Å². The lowest BCUT2D eigenvalue weighted by molar-refractivity contribution is 0.0376. The van der Waals surface area contributed by atoms with Gasteiger partial charge in [0.2, 0.25) is 0 Å². The van der Waals surface area contributed by atoms with E-state index in [4.69, 9.17) is 14.5 Å². The fraction of sp³-hybridized carbons (Fsp3) is 0.375. The molecule has 0 saturated carbocycles. The predicted octanol–water partition coefficient (Wildman–Crippen LogP) is 4.45. The first-order chi connectivity index (χ1) is 16.0. The number of hydrogen-bond acceptors (Lipinski definition) is 8. The van der Waals surface area contributed by atoms with Gasteiger partial charge in [-0.25, -0.2) is 4.98 Å². The van der Waals surface area contributed by atoms with Crippen molar-refractivity contribution in [3.8, 4) is 17.0 Å². The van der Waals surface area contributed by atoms with Crippen LogP contribution in [0.3, 0.4) is 0 Å². The molecule has 1 amide bonds. The molecule has 9 heteroatoms. The maximum atomic E-state index is 13.4. The van der Waals surface area contributed by atoms with Crippen molar-refractivity contribution < 1.29 is 19.1 Å². The molecule has 1 fully saturated rings. The molecule has 2 aromatic heterocycles. The van der Waals surface area contributed by atoms with Crippen LogP contribution in [0.15, 0.2) is 41.8 Å². The van der Waals surface area contributed by atoms with Gasteiger partial charge in [0.15, 0.2) is 10.9 Å². The summed E-state index contributed by atoms with van der Waals surface area (Å²) in [6.45, 7) is 6.31. The van der Waals surface area contributed by atoms with Crippen LogP contribution in [-0.4, -0.2) is 68.1 Å². The number of anilines is 1. The Hall–Kier alpha value is -2.59. The number of aromatic nitrogens is 1. The van der Waals surface area contributed by atoms with Gasteiger partial charge >= 0.3 is 0 Å². The summed E-state index contributed by atoms with van der Waals surface area (Å²) in [5.41, 5.74) is 1.79. The average molecular weight is 486 g/mol. The number of nitrogens with zero attached hydrogens (tertiary/aromatic N) is 3. The lowest BCUT2D eigenvalue weighted by Gasteiger charge is -2.27. The number of ether oxygens (including phenoxy) is 2. The Bertz CT molecular complexity index is 1090. The molecule has 0 atom stereocenters. The van der Waals surface area contributed by atoms with Crippen LogP contribution >= 0.6 is 22.7 Å². The van der Waals surface area contributed by atoms with Gasteiger partial charge in [-0.2, -0.15) is 0 Å². The number of thiazole rings is 1. The fourth-order valence-electron chi connectivity index (χ4n) is 3.62. The van der Waals surface area contributed by atoms with Crippen molar-refractivity contribution in [2.75, 3.05) is 51.4 Å². The average Bonchev–Trinajstić information content (AvgIpc) is 3.53. The van der Waals surface area contributed by atoms with Crippen molar-refractivity contribution >= 4 is 39.5 Å². The lowest BCUT2D eigenvalue weighted by Crippen LogP contribution is -2.39. The number of Topliss-reactive ketones (excluding diaryl/α,β-unsaturated/α-hetero) is 1. The summed E-state index contributed by atoms with van der Waals surface area (Å²) < 4.78 is 10.7. The Morgan fingerprint density at radius 2 is 1.85 bits per heavy atom. The number of thiophene rings is 1. The van der Waals surface area contributed by atoms with E-state index in [-0.39, 0.29) is 11.7 Å².